The molecule has 0 fully saturated rings. The van der Waals surface area contributed by atoms with E-state index in [1.54, 1.807) is 13.0 Å². The Balaban J connectivity index is 2.21. The van der Waals surface area contributed by atoms with Gasteiger partial charge in [-0.3, -0.25) is 10.1 Å². The van der Waals surface area contributed by atoms with E-state index in [-0.39, 0.29) is 22.8 Å². The second-order valence-corrected chi connectivity index (χ2v) is 5.50. The van der Waals surface area contributed by atoms with Crippen molar-refractivity contribution in [3.8, 4) is 11.3 Å². The maximum Gasteiger partial charge on any atom is 0.462 e. The van der Waals surface area contributed by atoms with Gasteiger partial charge in [-0.25, -0.2) is 5.43 Å². The van der Waals surface area contributed by atoms with Gasteiger partial charge >= 0.3 is 18.1 Å². The van der Waals surface area contributed by atoms with Crippen molar-refractivity contribution in [3.63, 3.8) is 0 Å². The Morgan fingerprint density at radius 1 is 1.11 bits per heavy atom. The number of alkyl halides is 7. The molecule has 0 unspecified atom stereocenters. The second kappa shape index (κ2) is 7.13. The van der Waals surface area contributed by atoms with E-state index in [1.807, 2.05) is 0 Å². The van der Waals surface area contributed by atoms with Crippen LogP contribution in [0.1, 0.15) is 11.3 Å². The highest BCUT2D eigenvalue weighted by molar-refractivity contribution is 5.78. The summed E-state index contributed by atoms with van der Waals surface area (Å²) >= 11 is 0. The van der Waals surface area contributed by atoms with Gasteiger partial charge in [0, 0.05) is 6.07 Å². The summed E-state index contributed by atoms with van der Waals surface area (Å²) in [5, 5.41) is 13.7. The van der Waals surface area contributed by atoms with Gasteiger partial charge in [0.05, 0.1) is 16.7 Å². The molecule has 13 heteroatoms. The fraction of sp³-hybridized carbons (Fsp3) is 0.267. The molecule has 0 amide bonds. The van der Waals surface area contributed by atoms with Crippen LogP contribution < -0.4 is 5.43 Å². The summed E-state index contributed by atoms with van der Waals surface area (Å²) < 4.78 is 92.7. The number of furan rings is 1. The third-order valence-corrected chi connectivity index (χ3v) is 3.39. The number of aryl methyl sites for hydroxylation is 1. The molecule has 28 heavy (non-hydrogen) atoms. The van der Waals surface area contributed by atoms with Crippen LogP contribution >= 0.6 is 0 Å². The summed E-state index contributed by atoms with van der Waals surface area (Å²) in [6.07, 6.45) is -6.08. The van der Waals surface area contributed by atoms with Gasteiger partial charge in [0.2, 0.25) is 0 Å². The second-order valence-electron chi connectivity index (χ2n) is 5.50. The highest BCUT2D eigenvalue weighted by Crippen LogP contribution is 2.45. The van der Waals surface area contributed by atoms with Gasteiger partial charge in [-0.15, -0.1) is 0 Å². The fourth-order valence-corrected chi connectivity index (χ4v) is 1.99. The molecule has 0 spiro atoms. The van der Waals surface area contributed by atoms with Gasteiger partial charge in [-0.1, -0.05) is 6.07 Å². The highest BCUT2D eigenvalue weighted by atomic mass is 19.4. The molecule has 6 nitrogen and oxygen atoms in total. The van der Waals surface area contributed by atoms with Crippen molar-refractivity contribution in [2.45, 2.75) is 25.1 Å². The van der Waals surface area contributed by atoms with Gasteiger partial charge in [0.15, 0.2) is 0 Å². The standard InChI is InChI=1S/C15H10F7N3O3/c1-8-2-4-10(11(6-8)25(26)27)12-5-3-9(28-12)7-23-24-15(21,22)13(16,17)14(18,19)20/h2-7,24H,1H3/b23-7-. The van der Waals surface area contributed by atoms with Crippen molar-refractivity contribution in [1.82, 2.24) is 5.43 Å². The molecule has 0 radical (unpaired) electrons. The number of hydrazone groups is 1. The number of halogens is 7. The van der Waals surface area contributed by atoms with Gasteiger partial charge < -0.3 is 4.42 Å². The van der Waals surface area contributed by atoms with E-state index in [1.165, 1.54) is 18.2 Å². The lowest BCUT2D eigenvalue weighted by atomic mass is 10.1. The number of nitro benzene ring substituents is 1. The first-order chi connectivity index (χ1) is 12.8. The summed E-state index contributed by atoms with van der Waals surface area (Å²) in [4.78, 5) is 10.4. The number of nitrogens with zero attached hydrogens (tertiary/aromatic N) is 2. The molecule has 0 saturated heterocycles. The van der Waals surface area contributed by atoms with Gasteiger partial charge in [0.25, 0.3) is 5.69 Å². The average molecular weight is 413 g/mol. The largest absolute Gasteiger partial charge is 0.462 e. The van der Waals surface area contributed by atoms with Crippen LogP contribution in [-0.4, -0.2) is 29.3 Å². The van der Waals surface area contributed by atoms with Crippen molar-refractivity contribution >= 4 is 11.9 Å². The number of hydrogen-bond donors (Lipinski definition) is 1. The third-order valence-electron chi connectivity index (χ3n) is 3.39. The first kappa shape index (κ1) is 21.2. The Kier molecular flexibility index (Phi) is 5.39. The summed E-state index contributed by atoms with van der Waals surface area (Å²) in [5.74, 6) is -6.77. The molecule has 1 aromatic heterocycles. The van der Waals surface area contributed by atoms with Crippen LogP contribution in [0.3, 0.4) is 0 Å². The molecule has 1 heterocycles. The van der Waals surface area contributed by atoms with Crippen LogP contribution in [0.5, 0.6) is 0 Å². The van der Waals surface area contributed by atoms with Crippen molar-refractivity contribution in [2.24, 2.45) is 5.10 Å². The molecule has 0 aliphatic heterocycles. The third kappa shape index (κ3) is 4.07. The molecule has 0 aliphatic carbocycles. The van der Waals surface area contributed by atoms with E-state index in [4.69, 9.17) is 4.42 Å². The molecule has 0 aliphatic rings. The topological polar surface area (TPSA) is 80.7 Å². The maximum absolute atomic E-state index is 13.0. The summed E-state index contributed by atoms with van der Waals surface area (Å²) in [6.45, 7) is 1.61. The Morgan fingerprint density at radius 3 is 2.32 bits per heavy atom. The SMILES string of the molecule is Cc1ccc(-c2ccc(/C=N\NC(F)(F)C(F)(F)C(F)(F)F)o2)c([N+](=O)[O-])c1. The molecule has 1 aromatic carbocycles. The number of hydrogen-bond acceptors (Lipinski definition) is 5. The zero-order valence-electron chi connectivity index (χ0n) is 13.7. The van der Waals surface area contributed by atoms with Crippen LogP contribution in [0, 0.1) is 17.0 Å². The number of rotatable bonds is 6. The van der Waals surface area contributed by atoms with Gasteiger partial charge in [-0.05, 0) is 30.7 Å². The fourth-order valence-electron chi connectivity index (χ4n) is 1.99. The van der Waals surface area contributed by atoms with Crippen molar-refractivity contribution < 1.29 is 40.1 Å². The number of benzene rings is 1. The van der Waals surface area contributed by atoms with E-state index >= 15 is 0 Å². The molecular weight excluding hydrogens is 403 g/mol. The summed E-state index contributed by atoms with van der Waals surface area (Å²) in [5.41, 5.74) is 0.749. The Hall–Kier alpha value is -3.12. The zero-order valence-corrected chi connectivity index (χ0v) is 13.7. The van der Waals surface area contributed by atoms with E-state index < -0.39 is 23.1 Å². The molecule has 152 valence electrons. The summed E-state index contributed by atoms with van der Waals surface area (Å²) in [7, 11) is 0. The van der Waals surface area contributed by atoms with Crippen molar-refractivity contribution in [1.29, 1.82) is 0 Å². The van der Waals surface area contributed by atoms with E-state index in [0.717, 1.165) is 6.07 Å². The van der Waals surface area contributed by atoms with Crippen LogP contribution in [0.15, 0.2) is 39.9 Å². The van der Waals surface area contributed by atoms with Crippen LogP contribution in [-0.2, 0) is 0 Å². The molecule has 0 bridgehead atoms. The lowest BCUT2D eigenvalue weighted by molar-refractivity contribution is -0.384. The number of nitrogens with one attached hydrogen (secondary N) is 1. The lowest BCUT2D eigenvalue weighted by Crippen LogP contribution is -2.58. The quantitative estimate of drug-likeness (QED) is 0.241. The molecule has 0 saturated carbocycles. The molecule has 2 rings (SSSR count). The van der Waals surface area contributed by atoms with Crippen LogP contribution in [0.2, 0.25) is 0 Å². The first-order valence-electron chi connectivity index (χ1n) is 7.24. The van der Waals surface area contributed by atoms with Crippen molar-refractivity contribution in [2.75, 3.05) is 0 Å². The summed E-state index contributed by atoms with van der Waals surface area (Å²) in [6, 6.07) is 0.759. The minimum Gasteiger partial charge on any atom is -0.455 e. The molecular formula is C15H10F7N3O3. The molecule has 2 aromatic rings. The predicted octanol–water partition coefficient (Wildman–Crippen LogP) is 4.88. The van der Waals surface area contributed by atoms with E-state index in [0.29, 0.717) is 17.2 Å². The minimum atomic E-state index is -6.50. The zero-order chi connectivity index (χ0) is 21.3. The monoisotopic (exact) mass is 413 g/mol. The maximum atomic E-state index is 13.0. The first-order valence-corrected chi connectivity index (χ1v) is 7.24. The van der Waals surface area contributed by atoms with E-state index in [9.17, 15) is 40.8 Å². The van der Waals surface area contributed by atoms with Gasteiger partial charge in [-0.2, -0.15) is 35.8 Å². The smallest absolute Gasteiger partial charge is 0.455 e. The van der Waals surface area contributed by atoms with E-state index in [2.05, 4.69) is 5.10 Å². The Bertz CT molecular complexity index is 907. The van der Waals surface area contributed by atoms with Gasteiger partial charge in [0.1, 0.15) is 11.5 Å². The number of nitro groups is 1. The Labute approximate surface area is 151 Å². The molecule has 0 atom stereocenters. The predicted molar refractivity (Wildman–Crippen MR) is 82.2 cm³/mol. The normalized spacial score (nSPS) is 13.1. The minimum absolute atomic E-state index is 0.0390. The lowest BCUT2D eigenvalue weighted by Gasteiger charge is -2.27. The van der Waals surface area contributed by atoms with Crippen molar-refractivity contribution in [3.05, 3.63) is 51.8 Å². The molecule has 1 N–H and O–H groups in total. The average Bonchev–Trinajstić information content (AvgIpc) is 3.02. The highest BCUT2D eigenvalue weighted by Gasteiger charge is 2.73. The Morgan fingerprint density at radius 2 is 1.75 bits per heavy atom. The van der Waals surface area contributed by atoms with Crippen LogP contribution in [0.25, 0.3) is 11.3 Å². The van der Waals surface area contributed by atoms with Crippen LogP contribution in [0.4, 0.5) is 36.4 Å².